The predicted molar refractivity (Wildman–Crippen MR) is 99.9 cm³/mol. The molecule has 7 nitrogen and oxygen atoms in total. The first kappa shape index (κ1) is 18.6. The summed E-state index contributed by atoms with van der Waals surface area (Å²) >= 11 is 1.52. The summed E-state index contributed by atoms with van der Waals surface area (Å²) in [5.41, 5.74) is 0. The summed E-state index contributed by atoms with van der Waals surface area (Å²) in [5.74, 6) is 0.229. The largest absolute Gasteiger partial charge is 0.341 e. The Bertz CT molecular complexity index is 743. The number of aromatic nitrogens is 3. The van der Waals surface area contributed by atoms with Gasteiger partial charge in [-0.1, -0.05) is 0 Å². The zero-order valence-electron chi connectivity index (χ0n) is 15.3. The maximum absolute atomic E-state index is 12.7. The highest BCUT2D eigenvalue weighted by Crippen LogP contribution is 2.36. The highest BCUT2D eigenvalue weighted by atomic mass is 32.1. The van der Waals surface area contributed by atoms with Crippen molar-refractivity contribution in [1.29, 1.82) is 0 Å². The minimum absolute atomic E-state index is 0.0486. The number of nitrogens with zero attached hydrogens (tertiary/aromatic N) is 5. The Hall–Kier alpha value is -2.22. The number of carbonyl (C=O) groups excluding carboxylic acids is 2. The summed E-state index contributed by atoms with van der Waals surface area (Å²) in [7, 11) is 1.81. The average Bonchev–Trinajstić information content (AvgIpc) is 3.40. The normalized spacial score (nSPS) is 16.8. The number of thiophene rings is 1. The molecule has 1 saturated heterocycles. The lowest BCUT2D eigenvalue weighted by molar-refractivity contribution is -0.132. The number of amides is 2. The number of carbonyl (C=O) groups is 2. The third-order valence-electron chi connectivity index (χ3n) is 4.80. The lowest BCUT2D eigenvalue weighted by atomic mass is 10.1. The van der Waals surface area contributed by atoms with Gasteiger partial charge >= 0.3 is 0 Å². The first-order valence-corrected chi connectivity index (χ1v) is 9.89. The molecule has 2 amide bonds. The van der Waals surface area contributed by atoms with Crippen molar-refractivity contribution in [3.8, 4) is 0 Å². The van der Waals surface area contributed by atoms with Crippen LogP contribution in [-0.4, -0.2) is 56.5 Å². The Morgan fingerprint density at radius 3 is 2.96 bits per heavy atom. The SMILES string of the molecule is CCN(C)C(=O)c1ccc([C@@H]2CCCN2C(=O)CCCn2cncn2)s1. The van der Waals surface area contributed by atoms with E-state index in [1.54, 1.807) is 15.9 Å². The molecule has 0 unspecified atom stereocenters. The van der Waals surface area contributed by atoms with Crippen molar-refractivity contribution in [3.63, 3.8) is 0 Å². The average molecular weight is 375 g/mol. The van der Waals surface area contributed by atoms with Gasteiger partial charge in [0.25, 0.3) is 5.91 Å². The van der Waals surface area contributed by atoms with Crippen LogP contribution in [-0.2, 0) is 11.3 Å². The van der Waals surface area contributed by atoms with E-state index in [2.05, 4.69) is 10.1 Å². The van der Waals surface area contributed by atoms with E-state index in [0.717, 1.165) is 35.6 Å². The van der Waals surface area contributed by atoms with Crippen LogP contribution in [0, 0.1) is 0 Å². The second-order valence-corrected chi connectivity index (χ2v) is 7.64. The topological polar surface area (TPSA) is 71.3 Å². The molecular formula is C18H25N5O2S. The molecule has 140 valence electrons. The van der Waals surface area contributed by atoms with Crippen LogP contribution in [0.15, 0.2) is 24.8 Å². The molecule has 1 aliphatic rings. The summed E-state index contributed by atoms with van der Waals surface area (Å²) < 4.78 is 1.75. The number of hydrogen-bond acceptors (Lipinski definition) is 5. The molecule has 0 N–H and O–H groups in total. The van der Waals surface area contributed by atoms with Gasteiger partial charge in [-0.25, -0.2) is 4.98 Å². The molecule has 0 saturated carbocycles. The Labute approximate surface area is 157 Å². The third-order valence-corrected chi connectivity index (χ3v) is 5.98. The monoisotopic (exact) mass is 375 g/mol. The molecule has 1 fully saturated rings. The molecule has 0 bridgehead atoms. The summed E-state index contributed by atoms with van der Waals surface area (Å²) in [6.45, 7) is 4.14. The summed E-state index contributed by atoms with van der Waals surface area (Å²) in [6, 6.07) is 4.00. The zero-order valence-corrected chi connectivity index (χ0v) is 16.1. The smallest absolute Gasteiger partial charge is 0.263 e. The molecule has 26 heavy (non-hydrogen) atoms. The molecule has 0 spiro atoms. The molecule has 3 heterocycles. The highest BCUT2D eigenvalue weighted by molar-refractivity contribution is 7.14. The number of likely N-dealkylation sites (tertiary alicyclic amines) is 1. The van der Waals surface area contributed by atoms with Gasteiger partial charge in [0.05, 0.1) is 10.9 Å². The lowest BCUT2D eigenvalue weighted by Crippen LogP contribution is -2.30. The second-order valence-electron chi connectivity index (χ2n) is 6.53. The van der Waals surface area contributed by atoms with E-state index in [1.807, 2.05) is 31.0 Å². The summed E-state index contributed by atoms with van der Waals surface area (Å²) in [4.78, 5) is 34.4. The molecule has 1 aliphatic heterocycles. The number of hydrogen-bond donors (Lipinski definition) is 0. The molecule has 8 heteroatoms. The van der Waals surface area contributed by atoms with Gasteiger partial charge in [0, 0.05) is 38.0 Å². The quantitative estimate of drug-likeness (QED) is 0.746. The standard InChI is InChI=1S/C18H25N5O2S/c1-3-21(2)18(25)16-9-8-15(26-16)14-6-4-11-23(14)17(24)7-5-10-22-13-19-12-20-22/h8-9,12-14H,3-7,10-11H2,1-2H3/t14-/m0/s1. The van der Waals surface area contributed by atoms with Crippen molar-refractivity contribution >= 4 is 23.2 Å². The van der Waals surface area contributed by atoms with Gasteiger partial charge in [-0.2, -0.15) is 5.10 Å². The Balaban J connectivity index is 1.60. The van der Waals surface area contributed by atoms with E-state index in [4.69, 9.17) is 0 Å². The minimum atomic E-state index is 0.0486. The summed E-state index contributed by atoms with van der Waals surface area (Å²) in [5, 5.41) is 4.06. The first-order chi connectivity index (χ1) is 12.6. The maximum atomic E-state index is 12.7. The van der Waals surface area contributed by atoms with Gasteiger partial charge in [-0.05, 0) is 38.3 Å². The van der Waals surface area contributed by atoms with Crippen LogP contribution in [0.4, 0.5) is 0 Å². The highest BCUT2D eigenvalue weighted by Gasteiger charge is 2.31. The molecule has 0 radical (unpaired) electrons. The van der Waals surface area contributed by atoms with Crippen LogP contribution in [0.25, 0.3) is 0 Å². The van der Waals surface area contributed by atoms with Crippen molar-refractivity contribution in [3.05, 3.63) is 34.5 Å². The molecule has 0 aromatic carbocycles. The van der Waals surface area contributed by atoms with Crippen LogP contribution in [0.1, 0.15) is 53.2 Å². The molecular weight excluding hydrogens is 350 g/mol. The van der Waals surface area contributed by atoms with Crippen molar-refractivity contribution in [2.24, 2.45) is 0 Å². The molecule has 3 rings (SSSR count). The van der Waals surface area contributed by atoms with Crippen LogP contribution >= 0.6 is 11.3 Å². The van der Waals surface area contributed by atoms with Crippen LogP contribution in [0.2, 0.25) is 0 Å². The van der Waals surface area contributed by atoms with Gasteiger partial charge in [0.15, 0.2) is 0 Å². The van der Waals surface area contributed by atoms with Crippen molar-refractivity contribution < 1.29 is 9.59 Å². The van der Waals surface area contributed by atoms with Gasteiger partial charge in [0.2, 0.25) is 5.91 Å². The molecule has 0 aliphatic carbocycles. The summed E-state index contributed by atoms with van der Waals surface area (Å²) in [6.07, 6.45) is 6.40. The van der Waals surface area contributed by atoms with E-state index in [-0.39, 0.29) is 17.9 Å². The third kappa shape index (κ3) is 4.12. The predicted octanol–water partition coefficient (Wildman–Crippen LogP) is 2.58. The minimum Gasteiger partial charge on any atom is -0.341 e. The second kappa shape index (κ2) is 8.44. The molecule has 2 aromatic rings. The Morgan fingerprint density at radius 2 is 2.23 bits per heavy atom. The van der Waals surface area contributed by atoms with E-state index >= 15 is 0 Å². The van der Waals surface area contributed by atoms with Crippen LogP contribution < -0.4 is 0 Å². The Morgan fingerprint density at radius 1 is 1.38 bits per heavy atom. The van der Waals surface area contributed by atoms with Crippen molar-refractivity contribution in [1.82, 2.24) is 24.6 Å². The Kier molecular flexibility index (Phi) is 6.03. The first-order valence-electron chi connectivity index (χ1n) is 9.07. The number of rotatable bonds is 7. The zero-order chi connectivity index (χ0) is 18.5. The van der Waals surface area contributed by atoms with Gasteiger partial charge in [0.1, 0.15) is 12.7 Å². The van der Waals surface area contributed by atoms with E-state index in [9.17, 15) is 9.59 Å². The van der Waals surface area contributed by atoms with Gasteiger partial charge in [-0.3, -0.25) is 14.3 Å². The van der Waals surface area contributed by atoms with Crippen molar-refractivity contribution in [2.75, 3.05) is 20.1 Å². The lowest BCUT2D eigenvalue weighted by Gasteiger charge is -2.24. The van der Waals surface area contributed by atoms with Crippen LogP contribution in [0.3, 0.4) is 0 Å². The molecule has 1 atom stereocenters. The maximum Gasteiger partial charge on any atom is 0.263 e. The molecule has 2 aromatic heterocycles. The van der Waals surface area contributed by atoms with Crippen LogP contribution in [0.5, 0.6) is 0 Å². The van der Waals surface area contributed by atoms with Crippen molar-refractivity contribution in [2.45, 2.75) is 45.2 Å². The van der Waals surface area contributed by atoms with Gasteiger partial charge in [-0.15, -0.1) is 11.3 Å². The number of aryl methyl sites for hydroxylation is 1. The fraction of sp³-hybridized carbons (Fsp3) is 0.556. The fourth-order valence-electron chi connectivity index (χ4n) is 3.22. The fourth-order valence-corrected chi connectivity index (χ4v) is 4.37. The van der Waals surface area contributed by atoms with E-state index < -0.39 is 0 Å². The van der Waals surface area contributed by atoms with E-state index in [1.165, 1.54) is 17.7 Å². The van der Waals surface area contributed by atoms with Gasteiger partial charge < -0.3 is 9.80 Å². The van der Waals surface area contributed by atoms with E-state index in [0.29, 0.717) is 19.5 Å².